The van der Waals surface area contributed by atoms with Gasteiger partial charge in [-0.3, -0.25) is 19.6 Å². The largest absolute Gasteiger partial charge is 0.344 e. The number of ketones is 1. The maximum absolute atomic E-state index is 13.4. The Hall–Kier alpha value is -2.96. The van der Waals surface area contributed by atoms with Crippen molar-refractivity contribution in [1.82, 2.24) is 9.97 Å². The molecule has 6 nitrogen and oxygen atoms in total. The van der Waals surface area contributed by atoms with Crippen molar-refractivity contribution >= 4 is 11.6 Å². The SMILES string of the molecule is CC1(C)CC(=O)C2=C(C1)Nc1[nH]c(=O)[nH]c(=O)c1[C@H]2c1ccc(F)cc1. The molecule has 2 heterocycles. The van der Waals surface area contributed by atoms with Crippen LogP contribution in [0.25, 0.3) is 0 Å². The van der Waals surface area contributed by atoms with E-state index in [4.69, 9.17) is 0 Å². The molecule has 0 unspecified atom stereocenters. The molecule has 0 amide bonds. The summed E-state index contributed by atoms with van der Waals surface area (Å²) in [5, 5.41) is 3.09. The molecule has 7 heteroatoms. The number of allylic oxidation sites excluding steroid dienone is 2. The molecule has 0 fully saturated rings. The molecule has 4 rings (SSSR count). The van der Waals surface area contributed by atoms with Gasteiger partial charge in [-0.15, -0.1) is 0 Å². The number of rotatable bonds is 1. The number of nitrogens with one attached hydrogen (secondary N) is 3. The Bertz CT molecular complexity index is 1060. The fraction of sp³-hybridized carbons (Fsp3) is 0.316. The van der Waals surface area contributed by atoms with E-state index in [1.807, 2.05) is 13.8 Å². The van der Waals surface area contributed by atoms with Gasteiger partial charge in [0, 0.05) is 23.6 Å². The van der Waals surface area contributed by atoms with E-state index in [-0.39, 0.29) is 22.6 Å². The van der Waals surface area contributed by atoms with Gasteiger partial charge in [0.25, 0.3) is 5.56 Å². The van der Waals surface area contributed by atoms with Crippen molar-refractivity contribution in [1.29, 1.82) is 0 Å². The molecule has 1 aromatic carbocycles. The predicted molar refractivity (Wildman–Crippen MR) is 94.6 cm³/mol. The van der Waals surface area contributed by atoms with Gasteiger partial charge < -0.3 is 5.32 Å². The van der Waals surface area contributed by atoms with Crippen LogP contribution in [0.4, 0.5) is 10.2 Å². The molecule has 0 spiro atoms. The lowest BCUT2D eigenvalue weighted by atomic mass is 9.69. The lowest BCUT2D eigenvalue weighted by molar-refractivity contribution is -0.118. The number of aromatic nitrogens is 2. The zero-order valence-corrected chi connectivity index (χ0v) is 14.4. The molecular formula is C19H18FN3O3. The minimum absolute atomic E-state index is 0.0469. The minimum Gasteiger partial charge on any atom is -0.344 e. The summed E-state index contributed by atoms with van der Waals surface area (Å²) in [6, 6.07) is 5.73. The Morgan fingerprint density at radius 2 is 1.73 bits per heavy atom. The van der Waals surface area contributed by atoms with Crippen molar-refractivity contribution in [2.24, 2.45) is 5.41 Å². The van der Waals surface area contributed by atoms with Crippen LogP contribution in [-0.4, -0.2) is 15.8 Å². The number of fused-ring (bicyclic) bond motifs is 1. The smallest absolute Gasteiger partial charge is 0.327 e. The number of carbonyl (C=O) groups excluding carboxylic acids is 1. The van der Waals surface area contributed by atoms with Gasteiger partial charge in [-0.1, -0.05) is 26.0 Å². The van der Waals surface area contributed by atoms with Crippen LogP contribution < -0.4 is 16.6 Å². The second kappa shape index (κ2) is 5.52. The molecule has 26 heavy (non-hydrogen) atoms. The first kappa shape index (κ1) is 16.5. The first-order valence-electron chi connectivity index (χ1n) is 8.40. The van der Waals surface area contributed by atoms with Crippen molar-refractivity contribution in [3.05, 3.63) is 73.3 Å². The first-order valence-corrected chi connectivity index (χ1v) is 8.40. The van der Waals surface area contributed by atoms with E-state index in [0.29, 0.717) is 29.7 Å². The maximum atomic E-state index is 13.4. The molecule has 1 aromatic heterocycles. The van der Waals surface area contributed by atoms with Crippen LogP contribution >= 0.6 is 0 Å². The normalized spacial score (nSPS) is 21.0. The van der Waals surface area contributed by atoms with Crippen LogP contribution in [0.5, 0.6) is 0 Å². The first-order chi connectivity index (χ1) is 12.2. The summed E-state index contributed by atoms with van der Waals surface area (Å²) >= 11 is 0. The zero-order valence-electron chi connectivity index (χ0n) is 14.4. The average Bonchev–Trinajstić information content (AvgIpc) is 2.52. The Labute approximate surface area is 148 Å². The Kier molecular flexibility index (Phi) is 3.50. The number of aromatic amines is 2. The van der Waals surface area contributed by atoms with Crippen molar-refractivity contribution in [2.45, 2.75) is 32.6 Å². The van der Waals surface area contributed by atoms with E-state index in [2.05, 4.69) is 15.3 Å². The van der Waals surface area contributed by atoms with E-state index in [0.717, 1.165) is 0 Å². The van der Waals surface area contributed by atoms with Crippen LogP contribution in [0.1, 0.15) is 43.7 Å². The van der Waals surface area contributed by atoms with Crippen LogP contribution in [0.3, 0.4) is 0 Å². The summed E-state index contributed by atoms with van der Waals surface area (Å²) in [6.45, 7) is 4.00. The van der Waals surface area contributed by atoms with Gasteiger partial charge in [-0.2, -0.15) is 0 Å². The predicted octanol–water partition coefficient (Wildman–Crippen LogP) is 2.40. The fourth-order valence-corrected chi connectivity index (χ4v) is 3.94. The Balaban J connectivity index is 2.00. The molecule has 134 valence electrons. The fourth-order valence-electron chi connectivity index (χ4n) is 3.94. The number of carbonyl (C=O) groups is 1. The lowest BCUT2D eigenvalue weighted by Gasteiger charge is -2.38. The molecule has 0 saturated heterocycles. The summed E-state index contributed by atoms with van der Waals surface area (Å²) in [5.41, 5.74) is 0.708. The van der Waals surface area contributed by atoms with Crippen molar-refractivity contribution in [3.63, 3.8) is 0 Å². The number of H-pyrrole nitrogens is 2. The summed E-state index contributed by atoms with van der Waals surface area (Å²) in [4.78, 5) is 42.0. The van der Waals surface area contributed by atoms with Gasteiger partial charge in [-0.25, -0.2) is 9.18 Å². The highest BCUT2D eigenvalue weighted by molar-refractivity contribution is 6.01. The van der Waals surface area contributed by atoms with Gasteiger partial charge in [0.05, 0.1) is 5.56 Å². The average molecular weight is 355 g/mol. The van der Waals surface area contributed by atoms with Crippen molar-refractivity contribution in [2.75, 3.05) is 5.32 Å². The summed E-state index contributed by atoms with van der Waals surface area (Å²) < 4.78 is 13.4. The number of benzene rings is 1. The van der Waals surface area contributed by atoms with Crippen molar-refractivity contribution < 1.29 is 9.18 Å². The number of hydrogen-bond acceptors (Lipinski definition) is 4. The molecule has 0 saturated carbocycles. The Morgan fingerprint density at radius 1 is 1.04 bits per heavy atom. The molecule has 1 aliphatic heterocycles. The number of anilines is 1. The molecule has 1 aliphatic carbocycles. The highest BCUT2D eigenvalue weighted by Crippen LogP contribution is 2.47. The molecule has 1 atom stereocenters. The van der Waals surface area contributed by atoms with E-state index in [9.17, 15) is 18.8 Å². The van der Waals surface area contributed by atoms with E-state index >= 15 is 0 Å². The quantitative estimate of drug-likeness (QED) is 0.732. The van der Waals surface area contributed by atoms with Gasteiger partial charge in [0.2, 0.25) is 0 Å². The zero-order chi connectivity index (χ0) is 18.6. The molecule has 2 aliphatic rings. The standard InChI is InChI=1S/C19H18FN3O3/c1-19(2)7-11-14(12(24)8-19)13(9-3-5-10(20)6-4-9)15-16(21-11)22-18(26)23-17(15)25/h3-6,13H,7-8H2,1-2H3,(H3,21,22,23,25,26)/t13-/m0/s1. The van der Waals surface area contributed by atoms with Crippen LogP contribution in [0, 0.1) is 11.2 Å². The van der Waals surface area contributed by atoms with Crippen LogP contribution in [0.2, 0.25) is 0 Å². The summed E-state index contributed by atoms with van der Waals surface area (Å²) in [7, 11) is 0. The molecule has 2 aromatic rings. The third-order valence-corrected chi connectivity index (χ3v) is 4.96. The van der Waals surface area contributed by atoms with Gasteiger partial charge >= 0.3 is 5.69 Å². The molecular weight excluding hydrogens is 337 g/mol. The van der Waals surface area contributed by atoms with Gasteiger partial charge in [0.15, 0.2) is 5.78 Å². The number of halogens is 1. The topological polar surface area (TPSA) is 94.8 Å². The van der Waals surface area contributed by atoms with E-state index in [1.54, 1.807) is 12.1 Å². The van der Waals surface area contributed by atoms with Crippen molar-refractivity contribution in [3.8, 4) is 0 Å². The molecule has 0 bridgehead atoms. The van der Waals surface area contributed by atoms with Gasteiger partial charge in [-0.05, 0) is 29.5 Å². The molecule has 3 N–H and O–H groups in total. The highest BCUT2D eigenvalue weighted by Gasteiger charge is 2.42. The minimum atomic E-state index is -0.647. The summed E-state index contributed by atoms with van der Waals surface area (Å²) in [6.07, 6.45) is 0.974. The second-order valence-electron chi connectivity index (χ2n) is 7.64. The highest BCUT2D eigenvalue weighted by atomic mass is 19.1. The lowest BCUT2D eigenvalue weighted by Crippen LogP contribution is -2.38. The third-order valence-electron chi connectivity index (χ3n) is 4.96. The van der Waals surface area contributed by atoms with Crippen LogP contribution in [0.15, 0.2) is 45.1 Å². The van der Waals surface area contributed by atoms with E-state index < -0.39 is 23.0 Å². The number of hydrogen-bond donors (Lipinski definition) is 3. The van der Waals surface area contributed by atoms with Crippen LogP contribution in [-0.2, 0) is 4.79 Å². The maximum Gasteiger partial charge on any atom is 0.327 e. The Morgan fingerprint density at radius 3 is 2.42 bits per heavy atom. The molecule has 0 radical (unpaired) electrons. The monoisotopic (exact) mass is 355 g/mol. The summed E-state index contributed by atoms with van der Waals surface area (Å²) in [5.74, 6) is -0.804. The van der Waals surface area contributed by atoms with Gasteiger partial charge in [0.1, 0.15) is 11.6 Å². The second-order valence-corrected chi connectivity index (χ2v) is 7.64. The van der Waals surface area contributed by atoms with E-state index in [1.165, 1.54) is 12.1 Å². The third kappa shape index (κ3) is 2.60. The number of Topliss-reactive ketones (excluding diaryl/α,β-unsaturated/α-hetero) is 1.